The van der Waals surface area contributed by atoms with Crippen molar-refractivity contribution in [1.29, 1.82) is 0 Å². The molecule has 0 aromatic heterocycles. The van der Waals surface area contributed by atoms with Crippen LogP contribution in [0.2, 0.25) is 0 Å². The fourth-order valence-corrected chi connectivity index (χ4v) is 1.79. The summed E-state index contributed by atoms with van der Waals surface area (Å²) in [6.45, 7) is 2.05. The zero-order chi connectivity index (χ0) is 11.4. The van der Waals surface area contributed by atoms with Crippen molar-refractivity contribution in [3.8, 4) is 0 Å². The van der Waals surface area contributed by atoms with Crippen LogP contribution in [0.1, 0.15) is 22.3 Å². The highest BCUT2D eigenvalue weighted by Crippen LogP contribution is 2.10. The standard InChI is InChI=1S/C13H16N2O/c14-10-11-4-6-12(7-5-11)13(16)15-8-2-1-3-9-15/h1-2,4-7H,3,8-10,14H2. The summed E-state index contributed by atoms with van der Waals surface area (Å²) >= 11 is 0. The highest BCUT2D eigenvalue weighted by molar-refractivity contribution is 5.94. The van der Waals surface area contributed by atoms with Crippen molar-refractivity contribution in [2.75, 3.05) is 13.1 Å². The van der Waals surface area contributed by atoms with Crippen molar-refractivity contribution in [1.82, 2.24) is 4.90 Å². The lowest BCUT2D eigenvalue weighted by Crippen LogP contribution is -2.33. The van der Waals surface area contributed by atoms with E-state index in [1.165, 1.54) is 0 Å². The molecule has 0 bridgehead atoms. The van der Waals surface area contributed by atoms with Gasteiger partial charge in [-0.2, -0.15) is 0 Å². The molecule has 0 radical (unpaired) electrons. The molecule has 2 N–H and O–H groups in total. The lowest BCUT2D eigenvalue weighted by molar-refractivity contribution is 0.0771. The summed E-state index contributed by atoms with van der Waals surface area (Å²) in [4.78, 5) is 13.9. The molecule has 0 spiro atoms. The van der Waals surface area contributed by atoms with Crippen molar-refractivity contribution in [3.05, 3.63) is 47.5 Å². The molecule has 3 nitrogen and oxygen atoms in total. The topological polar surface area (TPSA) is 46.3 Å². The average Bonchev–Trinajstić information content (AvgIpc) is 2.39. The molecule has 0 unspecified atom stereocenters. The molecule has 0 aliphatic carbocycles. The summed E-state index contributed by atoms with van der Waals surface area (Å²) in [5.74, 6) is 0.105. The van der Waals surface area contributed by atoms with Crippen LogP contribution in [0.5, 0.6) is 0 Å². The number of hydrogen-bond acceptors (Lipinski definition) is 2. The van der Waals surface area contributed by atoms with Crippen LogP contribution in [-0.4, -0.2) is 23.9 Å². The molecule has 2 rings (SSSR count). The summed E-state index contributed by atoms with van der Waals surface area (Å²) in [5, 5.41) is 0. The quantitative estimate of drug-likeness (QED) is 0.762. The molecule has 0 saturated carbocycles. The Kier molecular flexibility index (Phi) is 3.37. The predicted molar refractivity (Wildman–Crippen MR) is 64.0 cm³/mol. The van der Waals surface area contributed by atoms with Gasteiger partial charge in [-0.3, -0.25) is 4.79 Å². The monoisotopic (exact) mass is 216 g/mol. The molecular formula is C13H16N2O. The molecule has 16 heavy (non-hydrogen) atoms. The van der Waals surface area contributed by atoms with E-state index in [4.69, 9.17) is 5.73 Å². The van der Waals surface area contributed by atoms with Gasteiger partial charge in [0.25, 0.3) is 5.91 Å². The Labute approximate surface area is 95.6 Å². The lowest BCUT2D eigenvalue weighted by atomic mass is 10.1. The van der Waals surface area contributed by atoms with E-state index in [2.05, 4.69) is 6.08 Å². The van der Waals surface area contributed by atoms with Crippen LogP contribution in [0.4, 0.5) is 0 Å². The van der Waals surface area contributed by atoms with Crippen molar-refractivity contribution < 1.29 is 4.79 Å². The van der Waals surface area contributed by atoms with Gasteiger partial charge in [-0.25, -0.2) is 0 Å². The van der Waals surface area contributed by atoms with Gasteiger partial charge >= 0.3 is 0 Å². The minimum Gasteiger partial charge on any atom is -0.335 e. The van der Waals surface area contributed by atoms with Crippen LogP contribution in [0.25, 0.3) is 0 Å². The molecule has 3 heteroatoms. The van der Waals surface area contributed by atoms with E-state index in [9.17, 15) is 4.79 Å². The minimum absolute atomic E-state index is 0.105. The molecule has 1 aromatic carbocycles. The first-order valence-electron chi connectivity index (χ1n) is 5.54. The maximum atomic E-state index is 12.1. The molecular weight excluding hydrogens is 200 g/mol. The molecule has 0 saturated heterocycles. The second-order valence-electron chi connectivity index (χ2n) is 3.91. The summed E-state index contributed by atoms with van der Waals surface area (Å²) in [6.07, 6.45) is 5.10. The number of benzene rings is 1. The van der Waals surface area contributed by atoms with Gasteiger partial charge in [0, 0.05) is 25.2 Å². The van der Waals surface area contributed by atoms with Crippen molar-refractivity contribution >= 4 is 5.91 Å². The Bertz CT molecular complexity index is 395. The Balaban J connectivity index is 2.10. The van der Waals surface area contributed by atoms with Crippen molar-refractivity contribution in [3.63, 3.8) is 0 Å². The van der Waals surface area contributed by atoms with E-state index >= 15 is 0 Å². The summed E-state index contributed by atoms with van der Waals surface area (Å²) < 4.78 is 0. The maximum Gasteiger partial charge on any atom is 0.254 e. The number of rotatable bonds is 2. The van der Waals surface area contributed by atoms with Crippen molar-refractivity contribution in [2.45, 2.75) is 13.0 Å². The third-order valence-electron chi connectivity index (χ3n) is 2.78. The van der Waals surface area contributed by atoms with Crippen molar-refractivity contribution in [2.24, 2.45) is 5.73 Å². The number of carbonyl (C=O) groups is 1. The molecule has 0 atom stereocenters. The second-order valence-corrected chi connectivity index (χ2v) is 3.91. The summed E-state index contributed by atoms with van der Waals surface area (Å²) in [5.41, 5.74) is 7.31. The number of amides is 1. The lowest BCUT2D eigenvalue weighted by Gasteiger charge is -2.23. The normalized spacial score (nSPS) is 15.2. The predicted octanol–water partition coefficient (Wildman–Crippen LogP) is 1.55. The van der Waals surface area contributed by atoms with Gasteiger partial charge in [0.05, 0.1) is 0 Å². The number of nitrogens with two attached hydrogens (primary N) is 1. The molecule has 1 heterocycles. The van der Waals surface area contributed by atoms with Crippen LogP contribution in [0, 0.1) is 0 Å². The zero-order valence-electron chi connectivity index (χ0n) is 9.23. The highest BCUT2D eigenvalue weighted by Gasteiger charge is 2.15. The highest BCUT2D eigenvalue weighted by atomic mass is 16.2. The summed E-state index contributed by atoms with van der Waals surface area (Å²) in [6, 6.07) is 7.52. The molecule has 1 aliphatic heterocycles. The number of carbonyl (C=O) groups excluding carboxylic acids is 1. The van der Waals surface area contributed by atoms with Crippen LogP contribution in [0.15, 0.2) is 36.4 Å². The van der Waals surface area contributed by atoms with E-state index in [1.807, 2.05) is 35.2 Å². The van der Waals surface area contributed by atoms with Gasteiger partial charge in [0.15, 0.2) is 0 Å². The molecule has 1 aromatic rings. The van der Waals surface area contributed by atoms with Gasteiger partial charge in [-0.15, -0.1) is 0 Å². The first-order valence-corrected chi connectivity index (χ1v) is 5.54. The van der Waals surface area contributed by atoms with E-state index < -0.39 is 0 Å². The molecule has 0 fully saturated rings. The summed E-state index contributed by atoms with van der Waals surface area (Å²) in [7, 11) is 0. The SMILES string of the molecule is NCc1ccc(C(=O)N2CC=CCC2)cc1. The van der Waals surface area contributed by atoms with Crippen LogP contribution in [-0.2, 0) is 6.54 Å². The van der Waals surface area contributed by atoms with Gasteiger partial charge < -0.3 is 10.6 Å². The van der Waals surface area contributed by atoms with Gasteiger partial charge in [-0.05, 0) is 24.1 Å². The second kappa shape index (κ2) is 4.94. The van der Waals surface area contributed by atoms with Gasteiger partial charge in [-0.1, -0.05) is 24.3 Å². The average molecular weight is 216 g/mol. The smallest absolute Gasteiger partial charge is 0.254 e. The van der Waals surface area contributed by atoms with E-state index in [0.717, 1.165) is 30.6 Å². The van der Waals surface area contributed by atoms with Crippen LogP contribution >= 0.6 is 0 Å². The van der Waals surface area contributed by atoms with E-state index in [1.54, 1.807) is 0 Å². The van der Waals surface area contributed by atoms with Crippen LogP contribution < -0.4 is 5.73 Å². The Morgan fingerprint density at radius 2 is 2.00 bits per heavy atom. The Morgan fingerprint density at radius 3 is 2.56 bits per heavy atom. The fraction of sp³-hybridized carbons (Fsp3) is 0.308. The molecule has 1 aliphatic rings. The third kappa shape index (κ3) is 2.31. The Hall–Kier alpha value is -1.61. The minimum atomic E-state index is 0.105. The first-order chi connectivity index (χ1) is 7.81. The maximum absolute atomic E-state index is 12.1. The third-order valence-corrected chi connectivity index (χ3v) is 2.78. The van der Waals surface area contributed by atoms with Gasteiger partial charge in [0.1, 0.15) is 0 Å². The molecule has 1 amide bonds. The largest absolute Gasteiger partial charge is 0.335 e. The van der Waals surface area contributed by atoms with Crippen LogP contribution in [0.3, 0.4) is 0 Å². The number of nitrogens with zero attached hydrogens (tertiary/aromatic N) is 1. The van der Waals surface area contributed by atoms with Gasteiger partial charge in [0.2, 0.25) is 0 Å². The first kappa shape index (κ1) is 10.9. The Morgan fingerprint density at radius 1 is 1.25 bits per heavy atom. The van der Waals surface area contributed by atoms with E-state index in [0.29, 0.717) is 6.54 Å². The fourth-order valence-electron chi connectivity index (χ4n) is 1.79. The zero-order valence-corrected chi connectivity index (χ0v) is 9.23. The molecule has 84 valence electrons. The number of hydrogen-bond donors (Lipinski definition) is 1. The van der Waals surface area contributed by atoms with E-state index in [-0.39, 0.29) is 5.91 Å².